The summed E-state index contributed by atoms with van der Waals surface area (Å²) in [5.74, 6) is 1.91. The summed E-state index contributed by atoms with van der Waals surface area (Å²) >= 11 is 5.69. The minimum Gasteiger partial charge on any atom is -0.497 e. The number of ether oxygens (including phenoxy) is 1. The highest BCUT2D eigenvalue weighted by molar-refractivity contribution is 6.17. The van der Waals surface area contributed by atoms with E-state index in [2.05, 4.69) is 10.1 Å². The summed E-state index contributed by atoms with van der Waals surface area (Å²) < 4.78 is 6.77. The minimum absolute atomic E-state index is 0.448. The molecule has 0 spiro atoms. The Morgan fingerprint density at radius 1 is 1.53 bits per heavy atom. The maximum atomic E-state index is 5.69. The molecular formula is C10H10ClN3O. The summed E-state index contributed by atoms with van der Waals surface area (Å²) in [6, 6.07) is 3.60. The average Bonchev–Trinajstić information content (AvgIpc) is 2.78. The van der Waals surface area contributed by atoms with Crippen molar-refractivity contribution in [2.75, 3.05) is 7.11 Å². The second kappa shape index (κ2) is 4.31. The molecule has 0 radical (unpaired) electrons. The molecule has 2 rings (SSSR count). The SMILES string of the molecule is COc1ccnc(-n2cc(CCl)cn2)c1. The first-order valence-corrected chi connectivity index (χ1v) is 4.97. The summed E-state index contributed by atoms with van der Waals surface area (Å²) in [6.07, 6.45) is 5.24. The molecule has 0 bridgehead atoms. The fourth-order valence-electron chi connectivity index (χ4n) is 1.21. The highest BCUT2D eigenvalue weighted by atomic mass is 35.5. The van der Waals surface area contributed by atoms with E-state index in [1.54, 1.807) is 30.3 Å². The zero-order valence-corrected chi connectivity index (χ0v) is 8.98. The lowest BCUT2D eigenvalue weighted by molar-refractivity contribution is 0.414. The highest BCUT2D eigenvalue weighted by Gasteiger charge is 2.02. The van der Waals surface area contributed by atoms with Crippen LogP contribution in [0, 0.1) is 0 Å². The van der Waals surface area contributed by atoms with Crippen molar-refractivity contribution in [2.45, 2.75) is 5.88 Å². The number of nitrogens with zero attached hydrogens (tertiary/aromatic N) is 3. The number of alkyl halides is 1. The molecule has 78 valence electrons. The van der Waals surface area contributed by atoms with Crippen molar-refractivity contribution in [1.82, 2.24) is 14.8 Å². The van der Waals surface area contributed by atoms with Gasteiger partial charge in [-0.2, -0.15) is 5.10 Å². The molecule has 5 heteroatoms. The number of rotatable bonds is 3. The maximum Gasteiger partial charge on any atom is 0.156 e. The fourth-order valence-corrected chi connectivity index (χ4v) is 1.34. The number of hydrogen-bond acceptors (Lipinski definition) is 3. The first kappa shape index (κ1) is 9.98. The van der Waals surface area contributed by atoms with Crippen molar-refractivity contribution in [1.29, 1.82) is 0 Å². The topological polar surface area (TPSA) is 39.9 Å². The lowest BCUT2D eigenvalue weighted by atomic mass is 10.4. The Hall–Kier alpha value is -1.55. The molecule has 0 atom stereocenters. The van der Waals surface area contributed by atoms with E-state index in [4.69, 9.17) is 16.3 Å². The van der Waals surface area contributed by atoms with Crippen molar-refractivity contribution in [3.05, 3.63) is 36.3 Å². The van der Waals surface area contributed by atoms with Crippen molar-refractivity contribution in [3.63, 3.8) is 0 Å². The van der Waals surface area contributed by atoms with E-state index in [0.29, 0.717) is 11.7 Å². The highest BCUT2D eigenvalue weighted by Crippen LogP contribution is 2.13. The van der Waals surface area contributed by atoms with Gasteiger partial charge in [0.2, 0.25) is 0 Å². The number of halogens is 1. The van der Waals surface area contributed by atoms with Crippen LogP contribution in [0.4, 0.5) is 0 Å². The standard InChI is InChI=1S/C10H10ClN3O/c1-15-9-2-3-12-10(4-9)14-7-8(5-11)6-13-14/h2-4,6-7H,5H2,1H3. The monoisotopic (exact) mass is 223 g/mol. The van der Waals surface area contributed by atoms with Gasteiger partial charge in [-0.3, -0.25) is 0 Å². The lowest BCUT2D eigenvalue weighted by Crippen LogP contribution is -1.97. The van der Waals surface area contributed by atoms with Crippen LogP contribution in [0.1, 0.15) is 5.56 Å². The van der Waals surface area contributed by atoms with Crippen LogP contribution < -0.4 is 4.74 Å². The predicted molar refractivity (Wildman–Crippen MR) is 57.5 cm³/mol. The molecule has 2 aromatic rings. The van der Waals surface area contributed by atoms with Crippen LogP contribution in [0.3, 0.4) is 0 Å². The van der Waals surface area contributed by atoms with Crippen LogP contribution in [0.2, 0.25) is 0 Å². The van der Waals surface area contributed by atoms with Crippen molar-refractivity contribution in [3.8, 4) is 11.6 Å². The van der Waals surface area contributed by atoms with Gasteiger partial charge in [-0.05, 0) is 6.07 Å². The van der Waals surface area contributed by atoms with Crippen LogP contribution >= 0.6 is 11.6 Å². The zero-order valence-electron chi connectivity index (χ0n) is 8.22. The molecule has 0 N–H and O–H groups in total. The first-order valence-electron chi connectivity index (χ1n) is 4.43. The molecule has 15 heavy (non-hydrogen) atoms. The number of aromatic nitrogens is 3. The molecule has 0 saturated heterocycles. The summed E-state index contributed by atoms with van der Waals surface area (Å²) in [5, 5.41) is 4.15. The van der Waals surface area contributed by atoms with E-state index in [-0.39, 0.29) is 0 Å². The van der Waals surface area contributed by atoms with Gasteiger partial charge < -0.3 is 4.74 Å². The van der Waals surface area contributed by atoms with Crippen molar-refractivity contribution in [2.24, 2.45) is 0 Å². The summed E-state index contributed by atoms with van der Waals surface area (Å²) in [4.78, 5) is 4.18. The maximum absolute atomic E-state index is 5.69. The largest absolute Gasteiger partial charge is 0.497 e. The molecule has 0 amide bonds. The molecule has 0 unspecified atom stereocenters. The normalized spacial score (nSPS) is 10.3. The molecule has 0 saturated carbocycles. The van der Waals surface area contributed by atoms with Crippen LogP contribution in [-0.2, 0) is 5.88 Å². The number of pyridine rings is 1. The summed E-state index contributed by atoms with van der Waals surface area (Å²) in [7, 11) is 1.62. The summed E-state index contributed by atoms with van der Waals surface area (Å²) in [6.45, 7) is 0. The molecule has 2 heterocycles. The minimum atomic E-state index is 0.448. The molecule has 0 fully saturated rings. The Balaban J connectivity index is 2.35. The quantitative estimate of drug-likeness (QED) is 0.748. The number of methoxy groups -OCH3 is 1. The van der Waals surface area contributed by atoms with E-state index in [1.807, 2.05) is 12.3 Å². The van der Waals surface area contributed by atoms with Crippen molar-refractivity contribution < 1.29 is 4.74 Å². The molecule has 0 aliphatic heterocycles. The number of hydrogen-bond donors (Lipinski definition) is 0. The van der Waals surface area contributed by atoms with Gasteiger partial charge in [0.05, 0.1) is 19.2 Å². The van der Waals surface area contributed by atoms with E-state index >= 15 is 0 Å². The Morgan fingerprint density at radius 3 is 3.07 bits per heavy atom. The molecule has 0 aromatic carbocycles. The Morgan fingerprint density at radius 2 is 2.40 bits per heavy atom. The Kier molecular flexibility index (Phi) is 2.87. The molecule has 0 aliphatic rings. The average molecular weight is 224 g/mol. The van der Waals surface area contributed by atoms with Crippen LogP contribution in [0.25, 0.3) is 5.82 Å². The van der Waals surface area contributed by atoms with E-state index in [0.717, 1.165) is 11.3 Å². The van der Waals surface area contributed by atoms with Crippen molar-refractivity contribution >= 4 is 11.6 Å². The van der Waals surface area contributed by atoms with E-state index < -0.39 is 0 Å². The second-order valence-corrected chi connectivity index (χ2v) is 3.25. The predicted octanol–water partition coefficient (Wildman–Crippen LogP) is 2.01. The molecular weight excluding hydrogens is 214 g/mol. The summed E-state index contributed by atoms with van der Waals surface area (Å²) in [5.41, 5.74) is 0.960. The Bertz CT molecular complexity index is 455. The van der Waals surface area contributed by atoms with Gasteiger partial charge in [-0.25, -0.2) is 9.67 Å². The smallest absolute Gasteiger partial charge is 0.156 e. The van der Waals surface area contributed by atoms with Gasteiger partial charge in [0.15, 0.2) is 5.82 Å². The van der Waals surface area contributed by atoms with Crippen LogP contribution in [-0.4, -0.2) is 21.9 Å². The van der Waals surface area contributed by atoms with Crippen LogP contribution in [0.5, 0.6) is 5.75 Å². The van der Waals surface area contributed by atoms with Gasteiger partial charge >= 0.3 is 0 Å². The zero-order chi connectivity index (χ0) is 10.7. The van der Waals surface area contributed by atoms with Crippen LogP contribution in [0.15, 0.2) is 30.7 Å². The molecule has 0 aliphatic carbocycles. The van der Waals surface area contributed by atoms with Gasteiger partial charge in [0, 0.05) is 24.0 Å². The fraction of sp³-hybridized carbons (Fsp3) is 0.200. The Labute approximate surface area is 92.5 Å². The molecule has 2 aromatic heterocycles. The second-order valence-electron chi connectivity index (χ2n) is 2.98. The van der Waals surface area contributed by atoms with Gasteiger partial charge in [-0.1, -0.05) is 0 Å². The van der Waals surface area contributed by atoms with Gasteiger partial charge in [-0.15, -0.1) is 11.6 Å². The van der Waals surface area contributed by atoms with Gasteiger partial charge in [0.25, 0.3) is 0 Å². The molecule has 4 nitrogen and oxygen atoms in total. The third-order valence-corrected chi connectivity index (χ3v) is 2.29. The third kappa shape index (κ3) is 2.10. The van der Waals surface area contributed by atoms with E-state index in [9.17, 15) is 0 Å². The third-order valence-electron chi connectivity index (χ3n) is 1.98. The van der Waals surface area contributed by atoms with Gasteiger partial charge in [0.1, 0.15) is 5.75 Å². The first-order chi connectivity index (χ1) is 7.33. The van der Waals surface area contributed by atoms with E-state index in [1.165, 1.54) is 0 Å². The lowest BCUT2D eigenvalue weighted by Gasteiger charge is -2.02.